The van der Waals surface area contributed by atoms with Gasteiger partial charge in [0.15, 0.2) is 0 Å². The van der Waals surface area contributed by atoms with E-state index < -0.39 is 0 Å². The molecule has 2 saturated heterocycles. The van der Waals surface area contributed by atoms with Gasteiger partial charge in [-0.1, -0.05) is 0 Å². The summed E-state index contributed by atoms with van der Waals surface area (Å²) in [6.45, 7) is 7.32. The summed E-state index contributed by atoms with van der Waals surface area (Å²) in [6, 6.07) is 0.429. The number of rotatable bonds is 4. The lowest BCUT2D eigenvalue weighted by Gasteiger charge is -2.26. The lowest BCUT2D eigenvalue weighted by molar-refractivity contribution is -0.134. The molecule has 5 heteroatoms. The first-order valence-corrected chi connectivity index (χ1v) is 6.61. The van der Waals surface area contributed by atoms with Gasteiger partial charge in [-0.3, -0.25) is 9.69 Å². The molecule has 0 aliphatic carbocycles. The van der Waals surface area contributed by atoms with Crippen LogP contribution in [0.5, 0.6) is 0 Å². The fourth-order valence-electron chi connectivity index (χ4n) is 2.41. The highest BCUT2D eigenvalue weighted by Crippen LogP contribution is 2.10. The summed E-state index contributed by atoms with van der Waals surface area (Å²) in [7, 11) is 0. The number of likely N-dealkylation sites (tertiary alicyclic amines) is 1. The van der Waals surface area contributed by atoms with Crippen molar-refractivity contribution in [2.24, 2.45) is 0 Å². The van der Waals surface area contributed by atoms with Gasteiger partial charge in [0.05, 0.1) is 6.61 Å². The first kappa shape index (κ1) is 12.8. The lowest BCUT2D eigenvalue weighted by Crippen LogP contribution is -2.50. The molecule has 1 amide bonds. The van der Waals surface area contributed by atoms with E-state index in [2.05, 4.69) is 22.5 Å². The van der Waals surface area contributed by atoms with Crippen LogP contribution in [0.4, 0.5) is 0 Å². The summed E-state index contributed by atoms with van der Waals surface area (Å²) in [4.78, 5) is 14.3. The van der Waals surface area contributed by atoms with Gasteiger partial charge in [0.1, 0.15) is 6.10 Å². The maximum absolute atomic E-state index is 11.8. The number of nitrogens with zero attached hydrogens (tertiary/aromatic N) is 1. The average molecular weight is 241 g/mol. The Hall–Kier alpha value is -0.650. The third-order valence-corrected chi connectivity index (χ3v) is 3.56. The van der Waals surface area contributed by atoms with Gasteiger partial charge in [0.25, 0.3) is 5.91 Å². The predicted molar refractivity (Wildman–Crippen MR) is 65.9 cm³/mol. The van der Waals surface area contributed by atoms with E-state index in [-0.39, 0.29) is 12.0 Å². The van der Waals surface area contributed by atoms with Crippen molar-refractivity contribution >= 4 is 5.91 Å². The molecule has 2 aliphatic rings. The molecule has 2 heterocycles. The largest absolute Gasteiger partial charge is 0.366 e. The van der Waals surface area contributed by atoms with Crippen LogP contribution < -0.4 is 10.6 Å². The summed E-state index contributed by atoms with van der Waals surface area (Å²) in [5.41, 5.74) is 0. The maximum atomic E-state index is 11.8. The number of carbonyl (C=O) groups excluding carboxylic acids is 1. The molecule has 98 valence electrons. The van der Waals surface area contributed by atoms with Crippen LogP contribution in [0, 0.1) is 0 Å². The van der Waals surface area contributed by atoms with Gasteiger partial charge in [-0.05, 0) is 32.9 Å². The van der Waals surface area contributed by atoms with E-state index in [1.54, 1.807) is 0 Å². The van der Waals surface area contributed by atoms with Gasteiger partial charge in [0.2, 0.25) is 0 Å². The monoisotopic (exact) mass is 241 g/mol. The predicted octanol–water partition coefficient (Wildman–Crippen LogP) is -0.425. The van der Waals surface area contributed by atoms with Crippen molar-refractivity contribution in [3.05, 3.63) is 0 Å². The Morgan fingerprint density at radius 2 is 2.29 bits per heavy atom. The smallest absolute Gasteiger partial charge is 0.250 e. The van der Waals surface area contributed by atoms with Crippen molar-refractivity contribution in [2.75, 3.05) is 39.3 Å². The fourth-order valence-corrected chi connectivity index (χ4v) is 2.41. The quantitative estimate of drug-likeness (QED) is 0.701. The molecule has 0 saturated carbocycles. The second-order valence-electron chi connectivity index (χ2n) is 4.90. The Labute approximate surface area is 103 Å². The third kappa shape index (κ3) is 3.66. The van der Waals surface area contributed by atoms with Crippen LogP contribution in [0.3, 0.4) is 0 Å². The molecule has 2 atom stereocenters. The van der Waals surface area contributed by atoms with Gasteiger partial charge < -0.3 is 15.4 Å². The molecular weight excluding hydrogens is 218 g/mol. The summed E-state index contributed by atoms with van der Waals surface area (Å²) in [6.07, 6.45) is 2.26. The van der Waals surface area contributed by atoms with Gasteiger partial charge in [0, 0.05) is 25.7 Å². The van der Waals surface area contributed by atoms with Crippen LogP contribution in [-0.2, 0) is 9.53 Å². The molecule has 2 unspecified atom stereocenters. The Kier molecular flexibility index (Phi) is 4.76. The van der Waals surface area contributed by atoms with E-state index in [9.17, 15) is 4.79 Å². The number of nitrogens with one attached hydrogen (secondary N) is 2. The third-order valence-electron chi connectivity index (χ3n) is 3.56. The number of amides is 1. The molecule has 0 radical (unpaired) electrons. The van der Waals surface area contributed by atoms with Crippen LogP contribution in [0.15, 0.2) is 0 Å². The summed E-state index contributed by atoms with van der Waals surface area (Å²) < 4.78 is 5.41. The van der Waals surface area contributed by atoms with Crippen LogP contribution >= 0.6 is 0 Å². The molecule has 2 rings (SSSR count). The minimum absolute atomic E-state index is 0.0169. The van der Waals surface area contributed by atoms with Crippen molar-refractivity contribution in [3.63, 3.8) is 0 Å². The molecule has 5 nitrogen and oxygen atoms in total. The summed E-state index contributed by atoms with van der Waals surface area (Å²) in [5.74, 6) is 0.0169. The molecular formula is C12H23N3O2. The molecule has 0 aromatic carbocycles. The zero-order valence-electron chi connectivity index (χ0n) is 10.6. The zero-order chi connectivity index (χ0) is 12.1. The number of morpholine rings is 1. The van der Waals surface area contributed by atoms with Crippen molar-refractivity contribution < 1.29 is 9.53 Å². The van der Waals surface area contributed by atoms with Gasteiger partial charge in [-0.25, -0.2) is 0 Å². The number of hydrogen-bond acceptors (Lipinski definition) is 4. The molecule has 2 N–H and O–H groups in total. The fraction of sp³-hybridized carbons (Fsp3) is 0.917. The van der Waals surface area contributed by atoms with Crippen molar-refractivity contribution in [2.45, 2.75) is 31.9 Å². The Morgan fingerprint density at radius 1 is 1.53 bits per heavy atom. The lowest BCUT2D eigenvalue weighted by atomic mass is 10.2. The Bertz CT molecular complexity index is 248. The number of carbonyl (C=O) groups is 1. The number of ether oxygens (including phenoxy) is 1. The van der Waals surface area contributed by atoms with E-state index in [0.29, 0.717) is 19.2 Å². The topological polar surface area (TPSA) is 53.6 Å². The van der Waals surface area contributed by atoms with Crippen molar-refractivity contribution in [1.82, 2.24) is 15.5 Å². The van der Waals surface area contributed by atoms with Gasteiger partial charge >= 0.3 is 0 Å². The maximum Gasteiger partial charge on any atom is 0.250 e. The van der Waals surface area contributed by atoms with Crippen LogP contribution in [0.1, 0.15) is 19.8 Å². The summed E-state index contributed by atoms with van der Waals surface area (Å²) >= 11 is 0. The minimum Gasteiger partial charge on any atom is -0.366 e. The second kappa shape index (κ2) is 6.33. The standard InChI is InChI=1S/C12H23N3O2/c1-10(15-5-2-3-6-15)8-14-12(16)11-9-13-4-7-17-11/h10-11,13H,2-9H2,1H3,(H,14,16). The highest BCUT2D eigenvalue weighted by Gasteiger charge is 2.23. The van der Waals surface area contributed by atoms with E-state index in [0.717, 1.165) is 13.1 Å². The molecule has 17 heavy (non-hydrogen) atoms. The highest BCUT2D eigenvalue weighted by atomic mass is 16.5. The molecule has 0 spiro atoms. The average Bonchev–Trinajstić information content (AvgIpc) is 2.90. The second-order valence-corrected chi connectivity index (χ2v) is 4.90. The molecule has 0 aromatic rings. The van der Waals surface area contributed by atoms with Crippen molar-refractivity contribution in [3.8, 4) is 0 Å². The van der Waals surface area contributed by atoms with E-state index >= 15 is 0 Å². The van der Waals surface area contributed by atoms with Crippen LogP contribution in [0.25, 0.3) is 0 Å². The summed E-state index contributed by atoms with van der Waals surface area (Å²) in [5, 5.41) is 6.15. The van der Waals surface area contributed by atoms with Crippen LogP contribution in [0.2, 0.25) is 0 Å². The molecule has 2 fully saturated rings. The molecule has 0 aromatic heterocycles. The Balaban J connectivity index is 1.67. The normalized spacial score (nSPS) is 27.9. The SMILES string of the molecule is CC(CNC(=O)C1CNCCO1)N1CCCC1. The van der Waals surface area contributed by atoms with Crippen LogP contribution in [-0.4, -0.2) is 62.3 Å². The minimum atomic E-state index is -0.311. The zero-order valence-corrected chi connectivity index (χ0v) is 10.6. The number of hydrogen-bond donors (Lipinski definition) is 2. The highest BCUT2D eigenvalue weighted by molar-refractivity contribution is 5.81. The first-order chi connectivity index (χ1) is 8.27. The molecule has 0 bridgehead atoms. The van der Waals surface area contributed by atoms with E-state index in [4.69, 9.17) is 4.74 Å². The van der Waals surface area contributed by atoms with Gasteiger partial charge in [-0.15, -0.1) is 0 Å². The van der Waals surface area contributed by atoms with E-state index in [1.165, 1.54) is 25.9 Å². The first-order valence-electron chi connectivity index (χ1n) is 6.61. The molecule has 2 aliphatic heterocycles. The van der Waals surface area contributed by atoms with E-state index in [1.807, 2.05) is 0 Å². The van der Waals surface area contributed by atoms with Gasteiger partial charge in [-0.2, -0.15) is 0 Å². The Morgan fingerprint density at radius 3 is 2.94 bits per heavy atom. The van der Waals surface area contributed by atoms with Crippen molar-refractivity contribution in [1.29, 1.82) is 0 Å².